The lowest BCUT2D eigenvalue weighted by Gasteiger charge is -2.12. The van der Waals surface area contributed by atoms with Crippen molar-refractivity contribution in [2.45, 2.75) is 19.4 Å². The highest BCUT2D eigenvalue weighted by molar-refractivity contribution is 5.30. The molecule has 2 rings (SSSR count). The van der Waals surface area contributed by atoms with Gasteiger partial charge in [0.25, 0.3) is 0 Å². The summed E-state index contributed by atoms with van der Waals surface area (Å²) in [6.45, 7) is 2.05. The van der Waals surface area contributed by atoms with Crippen LogP contribution >= 0.6 is 0 Å². The number of benzene rings is 1. The van der Waals surface area contributed by atoms with E-state index < -0.39 is 0 Å². The predicted octanol–water partition coefficient (Wildman–Crippen LogP) is 3.09. The molecular weight excluding hydrogens is 227 g/mol. The fraction of sp³-hybridized carbons (Fsp3) is 0.267. The van der Waals surface area contributed by atoms with E-state index >= 15 is 0 Å². The fourth-order valence-electron chi connectivity index (χ4n) is 1.86. The SMILES string of the molecule is CNC(C)c1ccc(F)c(Cc2ccccn2)c1. The van der Waals surface area contributed by atoms with Gasteiger partial charge in [0.1, 0.15) is 5.82 Å². The molecule has 3 heteroatoms. The lowest BCUT2D eigenvalue weighted by Crippen LogP contribution is -2.12. The van der Waals surface area contributed by atoms with Gasteiger partial charge in [-0.2, -0.15) is 0 Å². The van der Waals surface area contributed by atoms with Crippen molar-refractivity contribution in [3.63, 3.8) is 0 Å². The van der Waals surface area contributed by atoms with Crippen molar-refractivity contribution in [3.8, 4) is 0 Å². The molecule has 0 fully saturated rings. The monoisotopic (exact) mass is 244 g/mol. The van der Waals surface area contributed by atoms with Gasteiger partial charge in [-0.25, -0.2) is 4.39 Å². The molecule has 0 radical (unpaired) electrons. The molecule has 1 unspecified atom stereocenters. The Balaban J connectivity index is 2.27. The smallest absolute Gasteiger partial charge is 0.126 e. The summed E-state index contributed by atoms with van der Waals surface area (Å²) in [6.07, 6.45) is 2.25. The fourth-order valence-corrected chi connectivity index (χ4v) is 1.86. The maximum Gasteiger partial charge on any atom is 0.126 e. The molecule has 0 spiro atoms. The summed E-state index contributed by atoms with van der Waals surface area (Å²) in [6, 6.07) is 11.2. The van der Waals surface area contributed by atoms with E-state index in [0.29, 0.717) is 12.0 Å². The second-order valence-corrected chi connectivity index (χ2v) is 4.36. The number of hydrogen-bond donors (Lipinski definition) is 1. The van der Waals surface area contributed by atoms with Crippen molar-refractivity contribution in [1.82, 2.24) is 10.3 Å². The van der Waals surface area contributed by atoms with Crippen molar-refractivity contribution in [2.24, 2.45) is 0 Å². The topological polar surface area (TPSA) is 24.9 Å². The zero-order valence-corrected chi connectivity index (χ0v) is 10.7. The van der Waals surface area contributed by atoms with Crippen LogP contribution in [0.25, 0.3) is 0 Å². The Kier molecular flexibility index (Phi) is 4.05. The van der Waals surface area contributed by atoms with Crippen LogP contribution in [0.15, 0.2) is 42.6 Å². The van der Waals surface area contributed by atoms with Crippen LogP contribution in [0.1, 0.15) is 29.8 Å². The minimum atomic E-state index is -0.173. The number of nitrogens with one attached hydrogen (secondary N) is 1. The summed E-state index contributed by atoms with van der Waals surface area (Å²) >= 11 is 0. The molecule has 0 aliphatic rings. The van der Waals surface area contributed by atoms with E-state index in [1.165, 1.54) is 6.07 Å². The number of hydrogen-bond acceptors (Lipinski definition) is 2. The molecule has 1 aromatic heterocycles. The Labute approximate surface area is 107 Å². The minimum absolute atomic E-state index is 0.173. The Morgan fingerprint density at radius 3 is 2.78 bits per heavy atom. The maximum absolute atomic E-state index is 13.8. The van der Waals surface area contributed by atoms with Gasteiger partial charge in [-0.3, -0.25) is 4.98 Å². The zero-order valence-electron chi connectivity index (χ0n) is 10.7. The molecule has 0 saturated heterocycles. The lowest BCUT2D eigenvalue weighted by atomic mass is 10.0. The van der Waals surface area contributed by atoms with Gasteiger partial charge in [0.05, 0.1) is 0 Å². The Morgan fingerprint density at radius 2 is 2.11 bits per heavy atom. The molecule has 0 amide bonds. The molecule has 0 aliphatic heterocycles. The highest BCUT2D eigenvalue weighted by atomic mass is 19.1. The highest BCUT2D eigenvalue weighted by Crippen LogP contribution is 2.18. The third kappa shape index (κ3) is 2.93. The lowest BCUT2D eigenvalue weighted by molar-refractivity contribution is 0.605. The highest BCUT2D eigenvalue weighted by Gasteiger charge is 2.08. The number of nitrogens with zero attached hydrogens (tertiary/aromatic N) is 1. The van der Waals surface area contributed by atoms with E-state index in [1.54, 1.807) is 6.20 Å². The molecule has 1 N–H and O–H groups in total. The standard InChI is InChI=1S/C15H17FN2/c1-11(17-2)12-6-7-15(16)13(9-12)10-14-5-3-4-8-18-14/h3-9,11,17H,10H2,1-2H3. The van der Waals surface area contributed by atoms with Gasteiger partial charge < -0.3 is 5.32 Å². The van der Waals surface area contributed by atoms with E-state index in [-0.39, 0.29) is 11.9 Å². The first-order valence-electron chi connectivity index (χ1n) is 6.06. The minimum Gasteiger partial charge on any atom is -0.313 e. The molecule has 1 aromatic carbocycles. The van der Waals surface area contributed by atoms with Gasteiger partial charge in [0.15, 0.2) is 0 Å². The van der Waals surface area contributed by atoms with Crippen LogP contribution in [0, 0.1) is 5.82 Å². The molecule has 18 heavy (non-hydrogen) atoms. The number of aromatic nitrogens is 1. The van der Waals surface area contributed by atoms with Crippen LogP contribution in [0.5, 0.6) is 0 Å². The molecule has 0 aliphatic carbocycles. The second kappa shape index (κ2) is 5.74. The maximum atomic E-state index is 13.8. The first-order chi connectivity index (χ1) is 8.70. The first-order valence-corrected chi connectivity index (χ1v) is 6.06. The molecule has 2 aromatic rings. The summed E-state index contributed by atoms with van der Waals surface area (Å²) < 4.78 is 13.8. The summed E-state index contributed by atoms with van der Waals surface area (Å²) in [5.41, 5.74) is 2.66. The summed E-state index contributed by atoms with van der Waals surface area (Å²) in [4.78, 5) is 4.23. The molecule has 0 bridgehead atoms. The summed E-state index contributed by atoms with van der Waals surface area (Å²) in [5.74, 6) is -0.173. The van der Waals surface area contributed by atoms with Crippen LogP contribution in [0.4, 0.5) is 4.39 Å². The second-order valence-electron chi connectivity index (χ2n) is 4.36. The van der Waals surface area contributed by atoms with E-state index in [9.17, 15) is 4.39 Å². The molecule has 1 atom stereocenters. The largest absolute Gasteiger partial charge is 0.313 e. The van der Waals surface area contributed by atoms with Crippen LogP contribution < -0.4 is 5.32 Å². The molecule has 2 nitrogen and oxygen atoms in total. The number of rotatable bonds is 4. The van der Waals surface area contributed by atoms with Gasteiger partial charge in [-0.15, -0.1) is 0 Å². The van der Waals surface area contributed by atoms with E-state index in [0.717, 1.165) is 11.3 Å². The summed E-state index contributed by atoms with van der Waals surface area (Å²) in [7, 11) is 1.90. The van der Waals surface area contributed by atoms with Crippen LogP contribution in [-0.4, -0.2) is 12.0 Å². The van der Waals surface area contributed by atoms with Gasteiger partial charge in [0.2, 0.25) is 0 Å². The Hall–Kier alpha value is -1.74. The predicted molar refractivity (Wildman–Crippen MR) is 70.9 cm³/mol. The van der Waals surface area contributed by atoms with Gasteiger partial charge in [-0.05, 0) is 43.3 Å². The average molecular weight is 244 g/mol. The van der Waals surface area contributed by atoms with Crippen molar-refractivity contribution in [1.29, 1.82) is 0 Å². The van der Waals surface area contributed by atoms with Crippen molar-refractivity contribution >= 4 is 0 Å². The quantitative estimate of drug-likeness (QED) is 0.894. The normalized spacial score (nSPS) is 12.4. The van der Waals surface area contributed by atoms with Crippen LogP contribution in [0.2, 0.25) is 0 Å². The van der Waals surface area contributed by atoms with E-state index in [1.807, 2.05) is 37.4 Å². The molecule has 0 saturated carbocycles. The third-order valence-electron chi connectivity index (χ3n) is 3.10. The molecule has 1 heterocycles. The first kappa shape index (κ1) is 12.7. The van der Waals surface area contributed by atoms with Gasteiger partial charge >= 0.3 is 0 Å². The van der Waals surface area contributed by atoms with Crippen LogP contribution in [-0.2, 0) is 6.42 Å². The number of pyridine rings is 1. The average Bonchev–Trinajstić information content (AvgIpc) is 2.41. The van der Waals surface area contributed by atoms with E-state index in [2.05, 4.69) is 17.2 Å². The van der Waals surface area contributed by atoms with Crippen molar-refractivity contribution < 1.29 is 4.39 Å². The van der Waals surface area contributed by atoms with Gasteiger partial charge in [-0.1, -0.05) is 18.2 Å². The van der Waals surface area contributed by atoms with Crippen LogP contribution in [0.3, 0.4) is 0 Å². The Morgan fingerprint density at radius 1 is 1.28 bits per heavy atom. The summed E-state index contributed by atoms with van der Waals surface area (Å²) in [5, 5.41) is 3.15. The zero-order chi connectivity index (χ0) is 13.0. The Bertz CT molecular complexity index is 511. The van der Waals surface area contributed by atoms with Crippen molar-refractivity contribution in [3.05, 3.63) is 65.2 Å². The molecule has 94 valence electrons. The number of halogens is 1. The third-order valence-corrected chi connectivity index (χ3v) is 3.10. The van der Waals surface area contributed by atoms with E-state index in [4.69, 9.17) is 0 Å². The van der Waals surface area contributed by atoms with Crippen molar-refractivity contribution in [2.75, 3.05) is 7.05 Å². The molecular formula is C15H17FN2. The van der Waals surface area contributed by atoms with Gasteiger partial charge in [0, 0.05) is 24.4 Å².